The standard InChI is InChI=1S/C15H15ClO3S/c1-11(12-3-7-14(19-2)8-4-12)20(17,18)15-9-5-13(16)6-10-15/h3-11H,1-2H3. The molecular weight excluding hydrogens is 296 g/mol. The van der Waals surface area contributed by atoms with E-state index in [2.05, 4.69) is 0 Å². The maximum atomic E-state index is 12.5. The zero-order chi connectivity index (χ0) is 14.8. The lowest BCUT2D eigenvalue weighted by Crippen LogP contribution is -2.10. The summed E-state index contributed by atoms with van der Waals surface area (Å²) in [6.07, 6.45) is 0. The van der Waals surface area contributed by atoms with E-state index in [1.54, 1.807) is 50.4 Å². The van der Waals surface area contributed by atoms with E-state index in [4.69, 9.17) is 16.3 Å². The highest BCUT2D eigenvalue weighted by molar-refractivity contribution is 7.91. The predicted molar refractivity (Wildman–Crippen MR) is 80.0 cm³/mol. The van der Waals surface area contributed by atoms with Crippen LogP contribution in [0.2, 0.25) is 5.02 Å². The SMILES string of the molecule is COc1ccc(C(C)S(=O)(=O)c2ccc(Cl)cc2)cc1. The Morgan fingerprint density at radius 3 is 2.05 bits per heavy atom. The van der Waals surface area contributed by atoms with Crippen LogP contribution in [0, 0.1) is 0 Å². The number of hydrogen-bond donors (Lipinski definition) is 0. The molecule has 0 heterocycles. The molecule has 20 heavy (non-hydrogen) atoms. The van der Waals surface area contributed by atoms with Gasteiger partial charge in [0.2, 0.25) is 0 Å². The summed E-state index contributed by atoms with van der Waals surface area (Å²) < 4.78 is 30.1. The summed E-state index contributed by atoms with van der Waals surface area (Å²) in [5, 5.41) is -0.115. The molecule has 0 amide bonds. The Morgan fingerprint density at radius 2 is 1.55 bits per heavy atom. The minimum Gasteiger partial charge on any atom is -0.497 e. The first kappa shape index (κ1) is 14.9. The number of benzene rings is 2. The lowest BCUT2D eigenvalue weighted by molar-refractivity contribution is 0.414. The van der Waals surface area contributed by atoms with Crippen molar-refractivity contribution in [1.29, 1.82) is 0 Å². The van der Waals surface area contributed by atoms with Crippen molar-refractivity contribution in [2.24, 2.45) is 0 Å². The molecule has 5 heteroatoms. The predicted octanol–water partition coefficient (Wildman–Crippen LogP) is 3.88. The molecule has 0 aromatic heterocycles. The molecule has 2 aromatic carbocycles. The number of ether oxygens (including phenoxy) is 1. The van der Waals surface area contributed by atoms with Crippen LogP contribution >= 0.6 is 11.6 Å². The van der Waals surface area contributed by atoms with Crippen LogP contribution < -0.4 is 4.74 Å². The number of hydrogen-bond acceptors (Lipinski definition) is 3. The quantitative estimate of drug-likeness (QED) is 0.860. The van der Waals surface area contributed by atoms with Crippen molar-refractivity contribution in [3.05, 3.63) is 59.1 Å². The van der Waals surface area contributed by atoms with Crippen molar-refractivity contribution in [3.63, 3.8) is 0 Å². The van der Waals surface area contributed by atoms with Gasteiger partial charge in [0.25, 0.3) is 0 Å². The van der Waals surface area contributed by atoms with Crippen molar-refractivity contribution in [2.75, 3.05) is 7.11 Å². The van der Waals surface area contributed by atoms with Crippen LogP contribution in [0.4, 0.5) is 0 Å². The first-order valence-corrected chi connectivity index (χ1v) is 8.01. The summed E-state index contributed by atoms with van der Waals surface area (Å²) in [6, 6.07) is 13.2. The lowest BCUT2D eigenvalue weighted by Gasteiger charge is -2.14. The fraction of sp³-hybridized carbons (Fsp3) is 0.200. The maximum absolute atomic E-state index is 12.5. The van der Waals surface area contributed by atoms with Gasteiger partial charge in [-0.25, -0.2) is 8.42 Å². The van der Waals surface area contributed by atoms with Crippen LogP contribution in [-0.2, 0) is 9.84 Å². The molecule has 0 spiro atoms. The number of halogens is 1. The van der Waals surface area contributed by atoms with Crippen molar-refractivity contribution in [1.82, 2.24) is 0 Å². The minimum atomic E-state index is -3.43. The summed E-state index contributed by atoms with van der Waals surface area (Å²) in [4.78, 5) is 0.269. The molecule has 0 radical (unpaired) electrons. The Bertz CT molecular complexity index is 676. The summed E-state index contributed by atoms with van der Waals surface area (Å²) >= 11 is 5.78. The molecule has 0 saturated heterocycles. The fourth-order valence-corrected chi connectivity index (χ4v) is 3.45. The third kappa shape index (κ3) is 2.97. The molecule has 0 aliphatic heterocycles. The second-order valence-electron chi connectivity index (χ2n) is 4.41. The van der Waals surface area contributed by atoms with Gasteiger partial charge in [-0.1, -0.05) is 23.7 Å². The Balaban J connectivity index is 2.35. The van der Waals surface area contributed by atoms with E-state index >= 15 is 0 Å². The third-order valence-corrected chi connectivity index (χ3v) is 5.58. The number of sulfone groups is 1. The summed E-state index contributed by atoms with van der Waals surface area (Å²) in [5.74, 6) is 0.699. The normalized spacial score (nSPS) is 12.9. The highest BCUT2D eigenvalue weighted by Gasteiger charge is 2.24. The molecule has 0 bridgehead atoms. The molecule has 3 nitrogen and oxygen atoms in total. The molecule has 0 aliphatic rings. The molecule has 0 fully saturated rings. The van der Waals surface area contributed by atoms with E-state index in [0.717, 1.165) is 5.56 Å². The molecule has 2 rings (SSSR count). The zero-order valence-corrected chi connectivity index (χ0v) is 12.8. The van der Waals surface area contributed by atoms with E-state index in [9.17, 15) is 8.42 Å². The van der Waals surface area contributed by atoms with Gasteiger partial charge in [0, 0.05) is 5.02 Å². The van der Waals surface area contributed by atoms with Crippen molar-refractivity contribution in [3.8, 4) is 5.75 Å². The first-order chi connectivity index (χ1) is 9.45. The van der Waals surface area contributed by atoms with Crippen molar-refractivity contribution < 1.29 is 13.2 Å². The average Bonchev–Trinajstić information content (AvgIpc) is 2.47. The molecular formula is C15H15ClO3S. The molecule has 0 aliphatic carbocycles. The highest BCUT2D eigenvalue weighted by atomic mass is 35.5. The second kappa shape index (κ2) is 5.85. The van der Waals surface area contributed by atoms with Gasteiger partial charge >= 0.3 is 0 Å². The second-order valence-corrected chi connectivity index (χ2v) is 7.12. The van der Waals surface area contributed by atoms with Gasteiger partial charge in [0.1, 0.15) is 5.75 Å². The van der Waals surface area contributed by atoms with Crippen LogP contribution in [0.1, 0.15) is 17.7 Å². The van der Waals surface area contributed by atoms with E-state index in [1.165, 1.54) is 12.1 Å². The minimum absolute atomic E-state index is 0.269. The van der Waals surface area contributed by atoms with Gasteiger partial charge in [-0.2, -0.15) is 0 Å². The highest BCUT2D eigenvalue weighted by Crippen LogP contribution is 2.30. The number of methoxy groups -OCH3 is 1. The summed E-state index contributed by atoms with van der Waals surface area (Å²) in [7, 11) is -1.86. The largest absolute Gasteiger partial charge is 0.497 e. The van der Waals surface area contributed by atoms with Crippen LogP contribution in [0.3, 0.4) is 0 Å². The molecule has 106 valence electrons. The van der Waals surface area contributed by atoms with E-state index in [0.29, 0.717) is 10.8 Å². The molecule has 0 saturated carbocycles. The van der Waals surface area contributed by atoms with E-state index in [-0.39, 0.29) is 4.90 Å². The Labute approximate surface area is 124 Å². The summed E-state index contributed by atoms with van der Waals surface area (Å²) in [6.45, 7) is 1.67. The fourth-order valence-electron chi connectivity index (χ4n) is 1.88. The van der Waals surface area contributed by atoms with Crippen LogP contribution in [0.5, 0.6) is 5.75 Å². The average molecular weight is 311 g/mol. The van der Waals surface area contributed by atoms with Gasteiger partial charge in [0.15, 0.2) is 9.84 Å². The van der Waals surface area contributed by atoms with Crippen LogP contribution in [0.25, 0.3) is 0 Å². The van der Waals surface area contributed by atoms with Gasteiger partial charge in [-0.3, -0.25) is 0 Å². The number of rotatable bonds is 4. The smallest absolute Gasteiger partial charge is 0.185 e. The Hall–Kier alpha value is -1.52. The van der Waals surface area contributed by atoms with Crippen molar-refractivity contribution >= 4 is 21.4 Å². The van der Waals surface area contributed by atoms with Gasteiger partial charge in [-0.15, -0.1) is 0 Å². The van der Waals surface area contributed by atoms with Crippen molar-refractivity contribution in [2.45, 2.75) is 17.1 Å². The Morgan fingerprint density at radius 1 is 1.00 bits per heavy atom. The first-order valence-electron chi connectivity index (χ1n) is 6.08. The molecule has 1 atom stereocenters. The van der Waals surface area contributed by atoms with Gasteiger partial charge < -0.3 is 4.74 Å². The van der Waals surface area contributed by atoms with Crippen LogP contribution in [0.15, 0.2) is 53.4 Å². The van der Waals surface area contributed by atoms with E-state index < -0.39 is 15.1 Å². The van der Waals surface area contributed by atoms with Crippen LogP contribution in [-0.4, -0.2) is 15.5 Å². The topological polar surface area (TPSA) is 43.4 Å². The monoisotopic (exact) mass is 310 g/mol. The molecule has 0 N–H and O–H groups in total. The van der Waals surface area contributed by atoms with Gasteiger partial charge in [0.05, 0.1) is 17.3 Å². The van der Waals surface area contributed by atoms with Gasteiger partial charge in [-0.05, 0) is 48.9 Å². The molecule has 1 unspecified atom stereocenters. The summed E-state index contributed by atoms with van der Waals surface area (Å²) in [5.41, 5.74) is 0.723. The lowest BCUT2D eigenvalue weighted by atomic mass is 10.2. The third-order valence-electron chi connectivity index (χ3n) is 3.19. The molecule has 2 aromatic rings. The Kier molecular flexibility index (Phi) is 4.35. The zero-order valence-electron chi connectivity index (χ0n) is 11.2. The van der Waals surface area contributed by atoms with E-state index in [1.807, 2.05) is 0 Å². The maximum Gasteiger partial charge on any atom is 0.185 e.